The highest BCUT2D eigenvalue weighted by molar-refractivity contribution is 5.44. The number of hydrogen-bond donors (Lipinski definition) is 1. The lowest BCUT2D eigenvalue weighted by Gasteiger charge is -2.23. The predicted octanol–water partition coefficient (Wildman–Crippen LogP) is 2.54. The molecule has 2 N–H and O–H groups in total. The Hall–Kier alpha value is -2.10. The first-order valence-electron chi connectivity index (χ1n) is 6.63. The topological polar surface area (TPSA) is 55.0 Å². The molecule has 0 saturated heterocycles. The molecule has 1 saturated carbocycles. The van der Waals surface area contributed by atoms with Crippen LogP contribution in [0, 0.1) is 6.92 Å². The van der Waals surface area contributed by atoms with Crippen molar-refractivity contribution in [3.05, 3.63) is 47.9 Å². The largest absolute Gasteiger partial charge is 0.399 e. The van der Waals surface area contributed by atoms with Crippen LogP contribution in [0.15, 0.2) is 36.5 Å². The molecule has 19 heavy (non-hydrogen) atoms. The van der Waals surface area contributed by atoms with Gasteiger partial charge in [-0.15, -0.1) is 0 Å². The number of anilines is 2. The fraction of sp³-hybridized carbons (Fsp3) is 0.333. The van der Waals surface area contributed by atoms with E-state index in [9.17, 15) is 0 Å². The third-order valence-corrected chi connectivity index (χ3v) is 3.38. The van der Waals surface area contributed by atoms with E-state index in [0.717, 1.165) is 23.9 Å². The second-order valence-electron chi connectivity index (χ2n) is 5.06. The molecule has 0 bridgehead atoms. The average Bonchev–Trinajstić information content (AvgIpc) is 3.22. The Balaban J connectivity index is 1.83. The molecule has 0 radical (unpaired) electrons. The Kier molecular flexibility index (Phi) is 3.07. The number of hydrogen-bond acceptors (Lipinski definition) is 4. The molecule has 0 atom stereocenters. The molecule has 0 spiro atoms. The number of rotatable bonds is 4. The summed E-state index contributed by atoms with van der Waals surface area (Å²) in [5, 5.41) is 0. The molecule has 0 unspecified atom stereocenters. The summed E-state index contributed by atoms with van der Waals surface area (Å²) in [5.74, 6) is 1.84. The van der Waals surface area contributed by atoms with Crippen molar-refractivity contribution >= 4 is 11.5 Å². The van der Waals surface area contributed by atoms with E-state index < -0.39 is 0 Å². The van der Waals surface area contributed by atoms with Crippen LogP contribution in [0.3, 0.4) is 0 Å². The summed E-state index contributed by atoms with van der Waals surface area (Å²) in [6, 6.07) is 10.7. The van der Waals surface area contributed by atoms with Crippen LogP contribution in [0.4, 0.5) is 11.5 Å². The Bertz CT molecular complexity index is 561. The lowest BCUT2D eigenvalue weighted by molar-refractivity contribution is 0.771. The second kappa shape index (κ2) is 4.88. The van der Waals surface area contributed by atoms with E-state index in [2.05, 4.69) is 27.0 Å². The molecule has 3 rings (SSSR count). The summed E-state index contributed by atoms with van der Waals surface area (Å²) in [6.45, 7) is 2.80. The quantitative estimate of drug-likeness (QED) is 0.852. The fourth-order valence-electron chi connectivity index (χ4n) is 2.21. The molecule has 1 aromatic carbocycles. The molecule has 4 heteroatoms. The smallest absolute Gasteiger partial charge is 0.132 e. The van der Waals surface area contributed by atoms with Crippen molar-refractivity contribution in [2.45, 2.75) is 32.4 Å². The van der Waals surface area contributed by atoms with Gasteiger partial charge in [-0.25, -0.2) is 9.97 Å². The molecular formula is C15H18N4. The van der Waals surface area contributed by atoms with Gasteiger partial charge in [0.2, 0.25) is 0 Å². The summed E-state index contributed by atoms with van der Waals surface area (Å²) < 4.78 is 0. The molecule has 0 amide bonds. The predicted molar refractivity (Wildman–Crippen MR) is 76.8 cm³/mol. The summed E-state index contributed by atoms with van der Waals surface area (Å²) in [7, 11) is 0. The highest BCUT2D eigenvalue weighted by atomic mass is 15.2. The van der Waals surface area contributed by atoms with Crippen LogP contribution < -0.4 is 10.6 Å². The minimum absolute atomic E-state index is 0.617. The molecule has 98 valence electrons. The van der Waals surface area contributed by atoms with Gasteiger partial charge in [-0.05, 0) is 43.5 Å². The van der Waals surface area contributed by atoms with Gasteiger partial charge in [0.1, 0.15) is 11.6 Å². The van der Waals surface area contributed by atoms with Gasteiger partial charge in [-0.2, -0.15) is 0 Å². The van der Waals surface area contributed by atoms with E-state index in [4.69, 9.17) is 5.73 Å². The Morgan fingerprint density at radius 3 is 2.58 bits per heavy atom. The maximum absolute atomic E-state index is 5.73. The molecule has 4 nitrogen and oxygen atoms in total. The number of aryl methyl sites for hydroxylation is 1. The van der Waals surface area contributed by atoms with E-state index in [1.165, 1.54) is 18.4 Å². The van der Waals surface area contributed by atoms with Crippen molar-refractivity contribution < 1.29 is 0 Å². The summed E-state index contributed by atoms with van der Waals surface area (Å²) >= 11 is 0. The lowest BCUT2D eigenvalue weighted by Crippen LogP contribution is -2.26. The molecule has 0 aliphatic heterocycles. The van der Waals surface area contributed by atoms with Crippen molar-refractivity contribution in [1.29, 1.82) is 0 Å². The van der Waals surface area contributed by atoms with Crippen molar-refractivity contribution in [2.24, 2.45) is 0 Å². The molecule has 2 aromatic rings. The van der Waals surface area contributed by atoms with Gasteiger partial charge >= 0.3 is 0 Å². The van der Waals surface area contributed by atoms with E-state index in [1.807, 2.05) is 31.3 Å². The van der Waals surface area contributed by atoms with Crippen molar-refractivity contribution in [3.8, 4) is 0 Å². The summed E-state index contributed by atoms with van der Waals surface area (Å²) in [4.78, 5) is 11.1. The van der Waals surface area contributed by atoms with Gasteiger partial charge in [0.05, 0.1) is 0 Å². The second-order valence-corrected chi connectivity index (χ2v) is 5.06. The zero-order valence-corrected chi connectivity index (χ0v) is 11.1. The zero-order valence-electron chi connectivity index (χ0n) is 11.1. The maximum Gasteiger partial charge on any atom is 0.132 e. The van der Waals surface area contributed by atoms with Gasteiger partial charge in [-0.3, -0.25) is 0 Å². The minimum Gasteiger partial charge on any atom is -0.399 e. The standard InChI is InChI=1S/C15H18N4/c1-11-17-9-8-15(18-11)19(14-6-7-14)10-12-2-4-13(16)5-3-12/h2-5,8-9,14H,6-7,10,16H2,1H3. The van der Waals surface area contributed by atoms with Crippen LogP contribution in [0.2, 0.25) is 0 Å². The lowest BCUT2D eigenvalue weighted by atomic mass is 10.2. The van der Waals surface area contributed by atoms with Crippen LogP contribution in [-0.4, -0.2) is 16.0 Å². The molecular weight excluding hydrogens is 236 g/mol. The first-order chi connectivity index (χ1) is 9.22. The molecule has 1 fully saturated rings. The van der Waals surface area contributed by atoms with E-state index >= 15 is 0 Å². The van der Waals surface area contributed by atoms with Crippen molar-refractivity contribution in [2.75, 3.05) is 10.6 Å². The maximum atomic E-state index is 5.73. The Labute approximate surface area is 113 Å². The third-order valence-electron chi connectivity index (χ3n) is 3.38. The van der Waals surface area contributed by atoms with Gasteiger partial charge in [-0.1, -0.05) is 12.1 Å². The monoisotopic (exact) mass is 254 g/mol. The highest BCUT2D eigenvalue weighted by Crippen LogP contribution is 2.32. The van der Waals surface area contributed by atoms with Crippen LogP contribution >= 0.6 is 0 Å². The zero-order chi connectivity index (χ0) is 13.2. The Morgan fingerprint density at radius 1 is 1.21 bits per heavy atom. The van der Waals surface area contributed by atoms with Gasteiger partial charge < -0.3 is 10.6 Å². The molecule has 1 heterocycles. The number of nitrogens with two attached hydrogens (primary N) is 1. The Morgan fingerprint density at radius 2 is 1.95 bits per heavy atom. The van der Waals surface area contributed by atoms with Gasteiger partial charge in [0, 0.05) is 24.5 Å². The summed E-state index contributed by atoms with van der Waals surface area (Å²) in [5.41, 5.74) is 7.79. The first-order valence-corrected chi connectivity index (χ1v) is 6.63. The van der Waals surface area contributed by atoms with Crippen LogP contribution in [0.5, 0.6) is 0 Å². The number of nitrogens with zero attached hydrogens (tertiary/aromatic N) is 3. The third kappa shape index (κ3) is 2.84. The van der Waals surface area contributed by atoms with Crippen molar-refractivity contribution in [3.63, 3.8) is 0 Å². The molecule has 1 aliphatic carbocycles. The van der Waals surface area contributed by atoms with E-state index in [-0.39, 0.29) is 0 Å². The molecule has 1 aliphatic rings. The summed E-state index contributed by atoms with van der Waals surface area (Å²) in [6.07, 6.45) is 4.33. The minimum atomic E-state index is 0.617. The first kappa shape index (κ1) is 12.0. The number of nitrogen functional groups attached to an aromatic ring is 1. The average molecular weight is 254 g/mol. The normalized spacial score (nSPS) is 14.4. The van der Waals surface area contributed by atoms with Crippen molar-refractivity contribution in [1.82, 2.24) is 9.97 Å². The number of benzene rings is 1. The SMILES string of the molecule is Cc1nccc(N(Cc2ccc(N)cc2)C2CC2)n1. The molecule has 1 aromatic heterocycles. The highest BCUT2D eigenvalue weighted by Gasteiger charge is 2.30. The van der Waals surface area contributed by atoms with Crippen LogP contribution in [0.1, 0.15) is 24.2 Å². The number of aromatic nitrogens is 2. The van der Waals surface area contributed by atoms with Crippen LogP contribution in [0.25, 0.3) is 0 Å². The fourth-order valence-corrected chi connectivity index (χ4v) is 2.21. The van der Waals surface area contributed by atoms with E-state index in [0.29, 0.717) is 6.04 Å². The van der Waals surface area contributed by atoms with E-state index in [1.54, 1.807) is 0 Å². The van der Waals surface area contributed by atoms with Crippen LogP contribution in [-0.2, 0) is 6.54 Å². The van der Waals surface area contributed by atoms with Gasteiger partial charge in [0.25, 0.3) is 0 Å². The van der Waals surface area contributed by atoms with Gasteiger partial charge in [0.15, 0.2) is 0 Å².